The van der Waals surface area contributed by atoms with Gasteiger partial charge in [0.2, 0.25) is 10.0 Å². The number of aryl methyl sites for hydroxylation is 2. The van der Waals surface area contributed by atoms with Crippen LogP contribution in [-0.4, -0.2) is 49.1 Å². The van der Waals surface area contributed by atoms with E-state index in [1.807, 2.05) is 7.05 Å². The maximum Gasteiger partial charge on any atom is 0.247 e. The van der Waals surface area contributed by atoms with Crippen LogP contribution in [-0.2, 0) is 10.0 Å². The fourth-order valence-corrected chi connectivity index (χ4v) is 4.63. The first-order valence-corrected chi connectivity index (χ1v) is 7.60. The van der Waals surface area contributed by atoms with Crippen LogP contribution in [0.25, 0.3) is 0 Å². The molecule has 1 aliphatic heterocycles. The van der Waals surface area contributed by atoms with Gasteiger partial charge in [-0.05, 0) is 33.7 Å². The molecule has 1 saturated heterocycles. The smallest absolute Gasteiger partial charge is 0.247 e. The largest absolute Gasteiger partial charge is 0.318 e. The predicted molar refractivity (Wildman–Crippen MR) is 76.2 cm³/mol. The number of aromatic nitrogens is 2. The minimum absolute atomic E-state index is 0. The van der Waals surface area contributed by atoms with Gasteiger partial charge in [0.1, 0.15) is 4.90 Å². The lowest BCUT2D eigenvalue weighted by atomic mass is 10.2. The molecule has 0 spiro atoms. The van der Waals surface area contributed by atoms with Crippen LogP contribution in [0.15, 0.2) is 4.90 Å². The molecule has 1 aliphatic rings. The van der Waals surface area contributed by atoms with Gasteiger partial charge in [-0.25, -0.2) is 8.42 Å². The van der Waals surface area contributed by atoms with E-state index in [1.165, 1.54) is 0 Å². The molecular weight excluding hydrogens is 288 g/mol. The van der Waals surface area contributed by atoms with Gasteiger partial charge in [0.05, 0.1) is 11.4 Å². The SMILES string of the molecule is CNCC1CCCN1S(=O)(=O)c1c(C)n[nH]c1C.Cl. The molecule has 0 saturated carbocycles. The Morgan fingerprint density at radius 1 is 1.47 bits per heavy atom. The number of aromatic amines is 1. The van der Waals surface area contributed by atoms with Gasteiger partial charge in [-0.2, -0.15) is 9.40 Å². The van der Waals surface area contributed by atoms with Gasteiger partial charge >= 0.3 is 0 Å². The zero-order chi connectivity index (χ0) is 13.3. The monoisotopic (exact) mass is 308 g/mol. The molecule has 0 aliphatic carbocycles. The number of rotatable bonds is 4. The molecule has 1 aromatic rings. The average Bonchev–Trinajstić information content (AvgIpc) is 2.87. The maximum absolute atomic E-state index is 12.7. The fraction of sp³-hybridized carbons (Fsp3) is 0.727. The summed E-state index contributed by atoms with van der Waals surface area (Å²) in [6.45, 7) is 4.75. The molecule has 6 nitrogen and oxygen atoms in total. The normalized spacial score (nSPS) is 20.5. The molecular formula is C11H21ClN4O2S. The Morgan fingerprint density at radius 3 is 2.68 bits per heavy atom. The van der Waals surface area contributed by atoms with Crippen molar-refractivity contribution in [3.63, 3.8) is 0 Å². The van der Waals surface area contributed by atoms with E-state index in [2.05, 4.69) is 15.5 Å². The molecule has 2 N–H and O–H groups in total. The standard InChI is InChI=1S/C11H20N4O2S.ClH/c1-8-11(9(2)14-13-8)18(16,17)15-6-4-5-10(15)7-12-3;/h10,12H,4-7H2,1-3H3,(H,13,14);1H. The van der Waals surface area contributed by atoms with E-state index in [0.717, 1.165) is 12.8 Å². The zero-order valence-electron chi connectivity index (χ0n) is 11.4. The summed E-state index contributed by atoms with van der Waals surface area (Å²) < 4.78 is 26.9. The Hall–Kier alpha value is -0.630. The highest BCUT2D eigenvalue weighted by atomic mass is 35.5. The Morgan fingerprint density at radius 2 is 2.16 bits per heavy atom. The minimum Gasteiger partial charge on any atom is -0.318 e. The van der Waals surface area contributed by atoms with Crippen LogP contribution in [0.5, 0.6) is 0 Å². The Bertz CT molecular complexity index is 509. The van der Waals surface area contributed by atoms with E-state index in [1.54, 1.807) is 18.2 Å². The number of sulfonamides is 1. The second-order valence-electron chi connectivity index (χ2n) is 4.73. The number of hydrogen-bond acceptors (Lipinski definition) is 4. The van der Waals surface area contributed by atoms with Gasteiger partial charge in [-0.3, -0.25) is 5.10 Å². The van der Waals surface area contributed by atoms with Crippen molar-refractivity contribution in [2.75, 3.05) is 20.1 Å². The van der Waals surface area contributed by atoms with Crippen molar-refractivity contribution in [2.45, 2.75) is 37.6 Å². The van der Waals surface area contributed by atoms with Crippen molar-refractivity contribution < 1.29 is 8.42 Å². The number of H-pyrrole nitrogens is 1. The average molecular weight is 309 g/mol. The van der Waals surface area contributed by atoms with E-state index in [9.17, 15) is 8.42 Å². The summed E-state index contributed by atoms with van der Waals surface area (Å²) in [5.41, 5.74) is 1.16. The summed E-state index contributed by atoms with van der Waals surface area (Å²) in [7, 11) is -1.58. The molecule has 1 aromatic heterocycles. The second-order valence-corrected chi connectivity index (χ2v) is 6.56. The summed E-state index contributed by atoms with van der Waals surface area (Å²) in [4.78, 5) is 0.338. The van der Waals surface area contributed by atoms with Crippen LogP contribution in [0.1, 0.15) is 24.2 Å². The molecule has 1 fully saturated rings. The van der Waals surface area contributed by atoms with Crippen molar-refractivity contribution in [2.24, 2.45) is 0 Å². The van der Waals surface area contributed by atoms with Crippen LogP contribution in [0.3, 0.4) is 0 Å². The van der Waals surface area contributed by atoms with E-state index in [4.69, 9.17) is 0 Å². The van der Waals surface area contributed by atoms with Crippen molar-refractivity contribution in [1.82, 2.24) is 19.8 Å². The number of hydrogen-bond donors (Lipinski definition) is 2. The van der Waals surface area contributed by atoms with Crippen LogP contribution < -0.4 is 5.32 Å². The zero-order valence-corrected chi connectivity index (χ0v) is 13.1. The lowest BCUT2D eigenvalue weighted by molar-refractivity contribution is 0.378. The van der Waals surface area contributed by atoms with Crippen LogP contribution >= 0.6 is 12.4 Å². The van der Waals surface area contributed by atoms with Gasteiger partial charge in [-0.1, -0.05) is 0 Å². The highest BCUT2D eigenvalue weighted by Crippen LogP contribution is 2.28. The fourth-order valence-electron chi connectivity index (χ4n) is 2.60. The first kappa shape index (κ1) is 16.4. The Labute approximate surface area is 120 Å². The molecule has 0 amide bonds. The van der Waals surface area contributed by atoms with Crippen LogP contribution in [0.2, 0.25) is 0 Å². The summed E-state index contributed by atoms with van der Waals surface area (Å²) in [6, 6.07) is 0.0497. The van der Waals surface area contributed by atoms with Crippen LogP contribution in [0.4, 0.5) is 0 Å². The predicted octanol–water partition coefficient (Wildman–Crippen LogP) is 0.821. The van der Waals surface area contributed by atoms with Crippen LogP contribution in [0, 0.1) is 13.8 Å². The van der Waals surface area contributed by atoms with Crippen molar-refractivity contribution in [3.05, 3.63) is 11.4 Å². The van der Waals surface area contributed by atoms with E-state index in [-0.39, 0.29) is 18.4 Å². The molecule has 8 heteroatoms. The van der Waals surface area contributed by atoms with E-state index >= 15 is 0 Å². The first-order chi connectivity index (χ1) is 8.48. The van der Waals surface area contributed by atoms with Gasteiger partial charge in [0.25, 0.3) is 0 Å². The highest BCUT2D eigenvalue weighted by Gasteiger charge is 2.37. The number of halogens is 1. The molecule has 19 heavy (non-hydrogen) atoms. The van der Waals surface area contributed by atoms with Crippen molar-refractivity contribution >= 4 is 22.4 Å². The van der Waals surface area contributed by atoms with E-state index in [0.29, 0.717) is 29.4 Å². The number of nitrogens with one attached hydrogen (secondary N) is 2. The third-order valence-corrected chi connectivity index (χ3v) is 5.61. The van der Waals surface area contributed by atoms with Gasteiger partial charge < -0.3 is 5.32 Å². The lowest BCUT2D eigenvalue weighted by Crippen LogP contribution is -2.41. The summed E-state index contributed by atoms with van der Waals surface area (Å²) in [5, 5.41) is 9.78. The van der Waals surface area contributed by atoms with E-state index < -0.39 is 10.0 Å². The molecule has 1 atom stereocenters. The van der Waals surface area contributed by atoms with Crippen molar-refractivity contribution in [3.8, 4) is 0 Å². The van der Waals surface area contributed by atoms with Gasteiger partial charge in [0, 0.05) is 19.1 Å². The molecule has 0 aromatic carbocycles. The summed E-state index contributed by atoms with van der Waals surface area (Å²) in [6.07, 6.45) is 1.83. The molecule has 1 unspecified atom stereocenters. The molecule has 0 radical (unpaired) electrons. The van der Waals surface area contributed by atoms with Gasteiger partial charge in [-0.15, -0.1) is 12.4 Å². The first-order valence-electron chi connectivity index (χ1n) is 6.16. The third kappa shape index (κ3) is 2.94. The molecule has 0 bridgehead atoms. The minimum atomic E-state index is -3.43. The second kappa shape index (κ2) is 6.21. The maximum atomic E-state index is 12.7. The van der Waals surface area contributed by atoms with Crippen molar-refractivity contribution in [1.29, 1.82) is 0 Å². The molecule has 2 heterocycles. The summed E-state index contributed by atoms with van der Waals surface area (Å²) in [5.74, 6) is 0. The molecule has 110 valence electrons. The number of likely N-dealkylation sites (N-methyl/N-ethyl adjacent to an activating group) is 1. The quantitative estimate of drug-likeness (QED) is 0.863. The Balaban J connectivity index is 0.00000180. The third-order valence-electron chi connectivity index (χ3n) is 3.39. The van der Waals surface area contributed by atoms with Gasteiger partial charge in [0.15, 0.2) is 0 Å². The topological polar surface area (TPSA) is 78.1 Å². The molecule has 2 rings (SSSR count). The summed E-state index contributed by atoms with van der Waals surface area (Å²) >= 11 is 0. The lowest BCUT2D eigenvalue weighted by Gasteiger charge is -2.23. The highest BCUT2D eigenvalue weighted by molar-refractivity contribution is 7.89. The number of nitrogens with zero attached hydrogens (tertiary/aromatic N) is 2. The Kier molecular flexibility index (Phi) is 5.37.